The third kappa shape index (κ3) is 4.13. The Morgan fingerprint density at radius 2 is 1.75 bits per heavy atom. The second kappa shape index (κ2) is 4.36. The normalized spacial score (nSPS) is 12.8. The van der Waals surface area contributed by atoms with Gasteiger partial charge in [-0.3, -0.25) is 0 Å². The first kappa shape index (κ1) is 12.9. The molecule has 0 saturated heterocycles. The standard InChI is InChI=1S/C8H9F3N2O2S/c1-16(14,15)3-2-6-4-12-7(13-5-6)8(9,10)11/h4-5H,2-3H2,1H3. The first-order valence-electron chi connectivity index (χ1n) is 4.24. The molecule has 1 heterocycles. The summed E-state index contributed by atoms with van der Waals surface area (Å²) in [5.41, 5.74) is 0.360. The Morgan fingerprint density at radius 1 is 1.25 bits per heavy atom. The van der Waals surface area contributed by atoms with E-state index in [1.165, 1.54) is 0 Å². The van der Waals surface area contributed by atoms with Gasteiger partial charge in [0.1, 0.15) is 9.84 Å². The van der Waals surface area contributed by atoms with E-state index in [0.29, 0.717) is 5.56 Å². The number of nitrogens with zero attached hydrogens (tertiary/aromatic N) is 2. The van der Waals surface area contributed by atoms with Gasteiger partial charge in [0.25, 0.3) is 0 Å². The molecule has 1 rings (SSSR count). The molecule has 0 bridgehead atoms. The molecule has 1 aromatic rings. The summed E-state index contributed by atoms with van der Waals surface area (Å²) < 4.78 is 57.8. The maximum absolute atomic E-state index is 12.1. The van der Waals surface area contributed by atoms with E-state index < -0.39 is 21.8 Å². The van der Waals surface area contributed by atoms with Crippen LogP contribution in [0.5, 0.6) is 0 Å². The van der Waals surface area contributed by atoms with E-state index in [2.05, 4.69) is 9.97 Å². The minimum Gasteiger partial charge on any atom is -0.233 e. The number of aryl methyl sites for hydroxylation is 1. The minimum atomic E-state index is -4.57. The summed E-state index contributed by atoms with van der Waals surface area (Å²) in [6.45, 7) is 0. The molecule has 8 heteroatoms. The van der Waals surface area contributed by atoms with Gasteiger partial charge in [-0.15, -0.1) is 0 Å². The summed E-state index contributed by atoms with van der Waals surface area (Å²) in [7, 11) is -3.14. The largest absolute Gasteiger partial charge is 0.451 e. The predicted octanol–water partition coefficient (Wildman–Crippen LogP) is 1.08. The highest BCUT2D eigenvalue weighted by Crippen LogP contribution is 2.25. The van der Waals surface area contributed by atoms with Crippen LogP contribution in [0.4, 0.5) is 13.2 Å². The highest BCUT2D eigenvalue weighted by Gasteiger charge is 2.34. The first-order valence-corrected chi connectivity index (χ1v) is 6.30. The van der Waals surface area contributed by atoms with Crippen LogP contribution in [0.15, 0.2) is 12.4 Å². The Labute approximate surface area is 90.5 Å². The maximum Gasteiger partial charge on any atom is 0.451 e. The summed E-state index contributed by atoms with van der Waals surface area (Å²) in [4.78, 5) is 6.24. The summed E-state index contributed by atoms with van der Waals surface area (Å²) >= 11 is 0. The Balaban J connectivity index is 2.73. The number of halogens is 3. The van der Waals surface area contributed by atoms with Crippen molar-refractivity contribution in [1.29, 1.82) is 0 Å². The smallest absolute Gasteiger partial charge is 0.233 e. The van der Waals surface area contributed by atoms with Crippen LogP contribution < -0.4 is 0 Å². The number of hydrogen-bond donors (Lipinski definition) is 0. The van der Waals surface area contributed by atoms with Crippen LogP contribution in [-0.4, -0.2) is 30.4 Å². The van der Waals surface area contributed by atoms with Crippen molar-refractivity contribution < 1.29 is 21.6 Å². The predicted molar refractivity (Wildman–Crippen MR) is 50.4 cm³/mol. The first-order chi connectivity index (χ1) is 7.18. The van der Waals surface area contributed by atoms with Crippen LogP contribution in [0, 0.1) is 0 Å². The molecule has 90 valence electrons. The van der Waals surface area contributed by atoms with Crippen molar-refractivity contribution >= 4 is 9.84 Å². The van der Waals surface area contributed by atoms with Crippen molar-refractivity contribution in [1.82, 2.24) is 9.97 Å². The summed E-state index contributed by atoms with van der Waals surface area (Å²) in [6.07, 6.45) is -1.44. The van der Waals surface area contributed by atoms with E-state index in [0.717, 1.165) is 18.6 Å². The van der Waals surface area contributed by atoms with Crippen molar-refractivity contribution in [3.05, 3.63) is 23.8 Å². The zero-order chi connectivity index (χ0) is 12.4. The van der Waals surface area contributed by atoms with Gasteiger partial charge in [-0.25, -0.2) is 18.4 Å². The van der Waals surface area contributed by atoms with Gasteiger partial charge in [-0.05, 0) is 12.0 Å². The second-order valence-corrected chi connectivity index (χ2v) is 5.55. The van der Waals surface area contributed by atoms with E-state index in [1.54, 1.807) is 0 Å². The number of hydrogen-bond acceptors (Lipinski definition) is 4. The molecule has 1 aromatic heterocycles. The van der Waals surface area contributed by atoms with E-state index >= 15 is 0 Å². The molecule has 0 aliphatic heterocycles. The lowest BCUT2D eigenvalue weighted by Gasteiger charge is -2.04. The van der Waals surface area contributed by atoms with Gasteiger partial charge in [0, 0.05) is 18.6 Å². The lowest BCUT2D eigenvalue weighted by molar-refractivity contribution is -0.145. The zero-order valence-electron chi connectivity index (χ0n) is 8.32. The number of alkyl halides is 3. The third-order valence-corrected chi connectivity index (χ3v) is 2.67. The van der Waals surface area contributed by atoms with Crippen molar-refractivity contribution in [2.24, 2.45) is 0 Å². The van der Waals surface area contributed by atoms with Crippen LogP contribution in [0.25, 0.3) is 0 Å². The van der Waals surface area contributed by atoms with Gasteiger partial charge in [-0.1, -0.05) is 0 Å². The highest BCUT2D eigenvalue weighted by molar-refractivity contribution is 7.90. The molecule has 4 nitrogen and oxygen atoms in total. The Bertz CT molecular complexity index is 453. The highest BCUT2D eigenvalue weighted by atomic mass is 32.2. The Kier molecular flexibility index (Phi) is 3.51. The van der Waals surface area contributed by atoms with Crippen LogP contribution in [-0.2, 0) is 22.4 Å². The second-order valence-electron chi connectivity index (χ2n) is 3.29. The van der Waals surface area contributed by atoms with E-state index in [1.807, 2.05) is 0 Å². The summed E-state index contributed by atoms with van der Waals surface area (Å²) in [6, 6.07) is 0. The maximum atomic E-state index is 12.1. The average molecular weight is 254 g/mol. The van der Waals surface area contributed by atoms with Gasteiger partial charge >= 0.3 is 6.18 Å². The fourth-order valence-electron chi connectivity index (χ4n) is 0.934. The van der Waals surface area contributed by atoms with Crippen molar-refractivity contribution in [2.75, 3.05) is 12.0 Å². The number of rotatable bonds is 3. The molecule has 0 aliphatic carbocycles. The molecule has 0 radical (unpaired) electrons. The topological polar surface area (TPSA) is 59.9 Å². The van der Waals surface area contributed by atoms with E-state index in [-0.39, 0.29) is 12.2 Å². The fraction of sp³-hybridized carbons (Fsp3) is 0.500. The van der Waals surface area contributed by atoms with Crippen molar-refractivity contribution in [3.63, 3.8) is 0 Å². The van der Waals surface area contributed by atoms with Crippen LogP contribution in [0.2, 0.25) is 0 Å². The van der Waals surface area contributed by atoms with Gasteiger partial charge in [0.2, 0.25) is 5.82 Å². The zero-order valence-corrected chi connectivity index (χ0v) is 9.14. The van der Waals surface area contributed by atoms with Gasteiger partial charge < -0.3 is 0 Å². The minimum absolute atomic E-state index is 0.108. The molecule has 0 unspecified atom stereocenters. The van der Waals surface area contributed by atoms with Crippen molar-refractivity contribution in [3.8, 4) is 0 Å². The third-order valence-electron chi connectivity index (χ3n) is 1.72. The molecule has 0 aromatic carbocycles. The van der Waals surface area contributed by atoms with Gasteiger partial charge in [0.15, 0.2) is 0 Å². The molecule has 0 spiro atoms. The van der Waals surface area contributed by atoms with Crippen LogP contribution in [0.1, 0.15) is 11.4 Å². The van der Waals surface area contributed by atoms with Crippen LogP contribution >= 0.6 is 0 Å². The molecule has 0 saturated carbocycles. The molecular formula is C8H9F3N2O2S. The quantitative estimate of drug-likeness (QED) is 0.810. The van der Waals surface area contributed by atoms with E-state index in [4.69, 9.17) is 0 Å². The molecule has 0 amide bonds. The number of aromatic nitrogens is 2. The molecule has 0 aliphatic rings. The van der Waals surface area contributed by atoms with Crippen molar-refractivity contribution in [2.45, 2.75) is 12.6 Å². The summed E-state index contributed by atoms with van der Waals surface area (Å²) in [5, 5.41) is 0. The average Bonchev–Trinajstić information content (AvgIpc) is 2.13. The Hall–Kier alpha value is -1.18. The lowest BCUT2D eigenvalue weighted by Crippen LogP contribution is -2.12. The van der Waals surface area contributed by atoms with E-state index in [9.17, 15) is 21.6 Å². The molecule has 16 heavy (non-hydrogen) atoms. The monoisotopic (exact) mass is 254 g/mol. The SMILES string of the molecule is CS(=O)(=O)CCc1cnc(C(F)(F)F)nc1. The van der Waals surface area contributed by atoms with Gasteiger partial charge in [-0.2, -0.15) is 13.2 Å². The molecule has 0 N–H and O–H groups in total. The lowest BCUT2D eigenvalue weighted by atomic mass is 10.3. The number of sulfone groups is 1. The molecule has 0 atom stereocenters. The van der Waals surface area contributed by atoms with Gasteiger partial charge in [0.05, 0.1) is 5.75 Å². The fourth-order valence-corrected chi connectivity index (χ4v) is 1.54. The molecular weight excluding hydrogens is 245 g/mol. The van der Waals surface area contributed by atoms with Crippen LogP contribution in [0.3, 0.4) is 0 Å². The Morgan fingerprint density at radius 3 is 2.12 bits per heavy atom. The summed E-state index contributed by atoms with van der Waals surface area (Å²) in [5.74, 6) is -1.36. The molecule has 0 fully saturated rings.